The summed E-state index contributed by atoms with van der Waals surface area (Å²) in [7, 11) is 0. The minimum atomic E-state index is -1.31. The van der Waals surface area contributed by atoms with Gasteiger partial charge in [0, 0.05) is 0 Å². The third kappa shape index (κ3) is 7.59. The molecule has 0 atom stereocenters. The average Bonchev–Trinajstić information content (AvgIpc) is 2.28. The topological polar surface area (TPSA) is 101 Å². The fraction of sp³-hybridized carbons (Fsp3) is 0.182. The Labute approximate surface area is 182 Å². The molecular weight excluding hydrogens is 297 g/mol. The Bertz CT molecular complexity index is 457. The maximum atomic E-state index is 11.4. The molecule has 0 heterocycles. The van der Waals surface area contributed by atoms with Crippen LogP contribution in [0.4, 0.5) is 0 Å². The summed E-state index contributed by atoms with van der Waals surface area (Å²) >= 11 is 0. The van der Waals surface area contributed by atoms with Gasteiger partial charge in [0.15, 0.2) is 0 Å². The Hall–Kier alpha value is 0.630. The second kappa shape index (κ2) is 12.2. The van der Waals surface area contributed by atoms with Crippen LogP contribution in [-0.2, 0) is 4.74 Å². The maximum absolute atomic E-state index is 11.4. The third-order valence-electron chi connectivity index (χ3n) is 1.94. The van der Waals surface area contributed by atoms with E-state index in [-0.39, 0.29) is 112 Å². The van der Waals surface area contributed by atoms with Gasteiger partial charge in [-0.25, -0.2) is 14.4 Å². The van der Waals surface area contributed by atoms with E-state index < -0.39 is 17.9 Å². The predicted molar refractivity (Wildman–Crippen MR) is 77.8 cm³/mol. The zero-order valence-electron chi connectivity index (χ0n) is 8.97. The molecule has 9 heteroatoms. The molecule has 6 nitrogen and oxygen atoms in total. The molecule has 0 amide bonds. The molecule has 0 saturated carbocycles. The standard InChI is InChI=1S/C11H10O6.3Na.3H/c1-2-17-11(16)8-4-6(9(12)13)3-7(5-8)10(14)15;;;;;;/h3-5H,2H2,1H3,(H,12,13)(H,14,15);;;;;;. The number of carbonyl (C=O) groups is 3. The molecule has 96 valence electrons. The van der Waals surface area contributed by atoms with Crippen molar-refractivity contribution in [2.45, 2.75) is 6.92 Å². The van der Waals surface area contributed by atoms with Crippen molar-refractivity contribution in [3.63, 3.8) is 0 Å². The number of ether oxygens (including phenoxy) is 1. The number of rotatable bonds is 4. The van der Waals surface area contributed by atoms with Gasteiger partial charge in [-0.1, -0.05) is 0 Å². The van der Waals surface area contributed by atoms with Crippen LogP contribution < -0.4 is 0 Å². The molecule has 0 saturated heterocycles. The molecule has 0 unspecified atom stereocenters. The molecule has 0 aliphatic rings. The Morgan fingerprint density at radius 2 is 1.25 bits per heavy atom. The molecule has 0 bridgehead atoms. The van der Waals surface area contributed by atoms with Crippen LogP contribution in [-0.4, -0.2) is 123 Å². The number of esters is 1. The number of carbonyl (C=O) groups excluding carboxylic acids is 1. The van der Waals surface area contributed by atoms with Crippen molar-refractivity contribution in [1.29, 1.82) is 0 Å². The first-order valence-electron chi connectivity index (χ1n) is 4.74. The van der Waals surface area contributed by atoms with E-state index in [1.54, 1.807) is 6.92 Å². The van der Waals surface area contributed by atoms with Crippen molar-refractivity contribution in [2.75, 3.05) is 6.61 Å². The fourth-order valence-electron chi connectivity index (χ4n) is 1.21. The summed E-state index contributed by atoms with van der Waals surface area (Å²) in [4.78, 5) is 32.9. The van der Waals surface area contributed by atoms with Gasteiger partial charge in [0.2, 0.25) is 0 Å². The van der Waals surface area contributed by atoms with Gasteiger partial charge < -0.3 is 14.9 Å². The van der Waals surface area contributed by atoms with Crippen LogP contribution in [0.15, 0.2) is 18.2 Å². The summed E-state index contributed by atoms with van der Waals surface area (Å²) in [5.41, 5.74) is -0.634. The number of carboxylic acid groups (broad SMARTS) is 2. The Morgan fingerprint density at radius 3 is 1.55 bits per heavy atom. The number of aromatic carboxylic acids is 2. The quantitative estimate of drug-likeness (QED) is 0.564. The number of benzene rings is 1. The summed E-state index contributed by atoms with van der Waals surface area (Å²) in [5.74, 6) is -3.37. The van der Waals surface area contributed by atoms with Crippen LogP contribution >= 0.6 is 0 Å². The molecule has 0 radical (unpaired) electrons. The molecule has 1 rings (SSSR count). The second-order valence-electron chi connectivity index (χ2n) is 3.13. The van der Waals surface area contributed by atoms with Gasteiger partial charge in [0.25, 0.3) is 0 Å². The molecule has 0 aromatic heterocycles. The normalized spacial score (nSPS) is 8.25. The van der Waals surface area contributed by atoms with Gasteiger partial charge in [-0.3, -0.25) is 0 Å². The molecule has 0 aliphatic heterocycles. The van der Waals surface area contributed by atoms with Gasteiger partial charge in [0.05, 0.1) is 23.3 Å². The molecule has 1 aromatic rings. The van der Waals surface area contributed by atoms with Crippen LogP contribution in [0.2, 0.25) is 0 Å². The molecule has 1 aromatic carbocycles. The molecular formula is C11H13Na3O6. The van der Waals surface area contributed by atoms with Crippen LogP contribution in [0, 0.1) is 0 Å². The van der Waals surface area contributed by atoms with Gasteiger partial charge in [-0.2, -0.15) is 0 Å². The number of hydrogen-bond donors (Lipinski definition) is 2. The monoisotopic (exact) mass is 310 g/mol. The van der Waals surface area contributed by atoms with Gasteiger partial charge in [-0.05, 0) is 25.1 Å². The molecule has 2 N–H and O–H groups in total. The first kappa shape index (κ1) is 25.6. The molecule has 0 spiro atoms. The van der Waals surface area contributed by atoms with Gasteiger partial charge in [-0.15, -0.1) is 0 Å². The van der Waals surface area contributed by atoms with Crippen molar-refractivity contribution in [3.8, 4) is 0 Å². The average molecular weight is 310 g/mol. The molecule has 0 fully saturated rings. The van der Waals surface area contributed by atoms with Crippen molar-refractivity contribution in [2.24, 2.45) is 0 Å². The van der Waals surface area contributed by atoms with Crippen LogP contribution in [0.5, 0.6) is 0 Å². The van der Waals surface area contributed by atoms with Crippen LogP contribution in [0.3, 0.4) is 0 Å². The van der Waals surface area contributed by atoms with Crippen molar-refractivity contribution >= 4 is 107 Å². The fourth-order valence-corrected chi connectivity index (χ4v) is 1.21. The van der Waals surface area contributed by atoms with E-state index in [4.69, 9.17) is 10.2 Å². The second-order valence-corrected chi connectivity index (χ2v) is 3.13. The minimum absolute atomic E-state index is 0. The Kier molecular flexibility index (Phi) is 15.6. The summed E-state index contributed by atoms with van der Waals surface area (Å²) in [6, 6.07) is 3.13. The predicted octanol–water partition coefficient (Wildman–Crippen LogP) is -0.686. The molecule has 0 aliphatic carbocycles. The van der Waals surface area contributed by atoms with E-state index >= 15 is 0 Å². The van der Waals surface area contributed by atoms with Crippen molar-refractivity contribution in [3.05, 3.63) is 34.9 Å². The van der Waals surface area contributed by atoms with E-state index in [2.05, 4.69) is 4.74 Å². The van der Waals surface area contributed by atoms with Gasteiger partial charge in [0.1, 0.15) is 0 Å². The number of carboxylic acids is 2. The van der Waals surface area contributed by atoms with E-state index in [9.17, 15) is 14.4 Å². The van der Waals surface area contributed by atoms with Crippen LogP contribution in [0.1, 0.15) is 38.0 Å². The summed E-state index contributed by atoms with van der Waals surface area (Å²) in [6.45, 7) is 1.72. The summed E-state index contributed by atoms with van der Waals surface area (Å²) < 4.78 is 4.67. The summed E-state index contributed by atoms with van der Waals surface area (Å²) in [5, 5.41) is 17.6. The van der Waals surface area contributed by atoms with E-state index in [0.29, 0.717) is 0 Å². The van der Waals surface area contributed by atoms with E-state index in [1.165, 1.54) is 0 Å². The van der Waals surface area contributed by atoms with Crippen LogP contribution in [0.25, 0.3) is 0 Å². The van der Waals surface area contributed by atoms with Crippen molar-refractivity contribution < 1.29 is 29.3 Å². The summed E-state index contributed by atoms with van der Waals surface area (Å²) in [6.07, 6.45) is 0. The Morgan fingerprint density at radius 1 is 0.900 bits per heavy atom. The first-order chi connectivity index (χ1) is 7.95. The van der Waals surface area contributed by atoms with Gasteiger partial charge >= 0.3 is 107 Å². The molecule has 20 heavy (non-hydrogen) atoms. The zero-order valence-corrected chi connectivity index (χ0v) is 8.97. The zero-order chi connectivity index (χ0) is 13.0. The Balaban J connectivity index is -0.000000963. The SMILES string of the molecule is CCOC(=O)c1cc(C(=O)O)cc(C(=O)O)c1.[NaH].[NaH].[NaH]. The first-order valence-corrected chi connectivity index (χ1v) is 4.74. The third-order valence-corrected chi connectivity index (χ3v) is 1.94. The van der Waals surface area contributed by atoms with E-state index in [0.717, 1.165) is 18.2 Å². The number of hydrogen-bond acceptors (Lipinski definition) is 4. The van der Waals surface area contributed by atoms with Crippen molar-refractivity contribution in [1.82, 2.24) is 0 Å². The van der Waals surface area contributed by atoms with E-state index in [1.807, 2.05) is 0 Å².